The van der Waals surface area contributed by atoms with Gasteiger partial charge in [-0.15, -0.1) is 0 Å². The number of Topliss-reactive ketones (excluding diaryl/α,β-unsaturated/α-hetero) is 2. The Kier molecular flexibility index (Phi) is 8.20. The van der Waals surface area contributed by atoms with Crippen LogP contribution in [0.15, 0.2) is 0 Å². The number of carbonyl (C=O) groups excluding carboxylic acids is 2. The smallest absolute Gasteiger partial charge is 0.173 e. The van der Waals surface area contributed by atoms with Crippen molar-refractivity contribution in [2.24, 2.45) is 5.92 Å². The summed E-state index contributed by atoms with van der Waals surface area (Å²) >= 11 is 2.02. The van der Waals surface area contributed by atoms with Crippen LogP contribution in [0.2, 0.25) is 0 Å². The number of alkyl halides is 1. The molecule has 0 aliphatic heterocycles. The molecule has 1 unspecified atom stereocenters. The Bertz CT molecular complexity index is 259. The van der Waals surface area contributed by atoms with E-state index in [1.807, 2.05) is 36.4 Å². The second-order valence-corrected chi connectivity index (χ2v) is 6.81. The van der Waals surface area contributed by atoms with Crippen LogP contribution >= 0.6 is 22.6 Å². The monoisotopic (exact) mass is 354 g/mol. The molecule has 0 rings (SSSR count). The molecule has 0 saturated heterocycles. The minimum atomic E-state index is -0.703. The van der Waals surface area contributed by atoms with Crippen molar-refractivity contribution in [3.05, 3.63) is 0 Å². The second-order valence-electron chi connectivity index (χ2n) is 4.75. The van der Waals surface area contributed by atoms with Crippen LogP contribution in [-0.2, 0) is 14.3 Å². The average Bonchev–Trinajstić information content (AvgIpc) is 2.22. The fourth-order valence-electron chi connectivity index (χ4n) is 1.23. The lowest BCUT2D eigenvalue weighted by molar-refractivity contribution is -0.128. The molecule has 0 spiro atoms. The first kappa shape index (κ1) is 17.0. The lowest BCUT2D eigenvalue weighted by atomic mass is 10.0. The standard InChI is InChI=1S/C13H23IO3/c1-10(2)12(16)8-6-5-7-9-17-13(4,14)11(3)15/h10H,5-9H2,1-4H3. The molecule has 100 valence electrons. The lowest BCUT2D eigenvalue weighted by Crippen LogP contribution is -2.29. The summed E-state index contributed by atoms with van der Waals surface area (Å²) in [6, 6.07) is 0. The number of rotatable bonds is 9. The van der Waals surface area contributed by atoms with Gasteiger partial charge in [-0.05, 0) is 49.3 Å². The van der Waals surface area contributed by atoms with Gasteiger partial charge in [0.05, 0.1) is 0 Å². The first-order valence-electron chi connectivity index (χ1n) is 6.14. The van der Waals surface area contributed by atoms with Crippen LogP contribution in [-0.4, -0.2) is 21.8 Å². The van der Waals surface area contributed by atoms with E-state index in [-0.39, 0.29) is 11.7 Å². The highest BCUT2D eigenvalue weighted by molar-refractivity contribution is 14.1. The van der Waals surface area contributed by atoms with Crippen LogP contribution < -0.4 is 0 Å². The molecule has 0 aromatic heterocycles. The van der Waals surface area contributed by atoms with Crippen molar-refractivity contribution in [3.63, 3.8) is 0 Å². The summed E-state index contributed by atoms with van der Waals surface area (Å²) in [5.41, 5.74) is 0. The highest BCUT2D eigenvalue weighted by Gasteiger charge is 2.26. The Morgan fingerprint density at radius 1 is 1.24 bits per heavy atom. The van der Waals surface area contributed by atoms with Gasteiger partial charge in [0.2, 0.25) is 0 Å². The molecule has 0 aliphatic carbocycles. The minimum absolute atomic E-state index is 0.0353. The van der Waals surface area contributed by atoms with E-state index in [1.165, 1.54) is 6.92 Å². The predicted octanol–water partition coefficient (Wildman–Crippen LogP) is 3.53. The van der Waals surface area contributed by atoms with Crippen LogP contribution in [0.4, 0.5) is 0 Å². The van der Waals surface area contributed by atoms with E-state index < -0.39 is 3.61 Å². The molecule has 3 nitrogen and oxygen atoms in total. The van der Waals surface area contributed by atoms with E-state index in [0.29, 0.717) is 18.8 Å². The Labute approximate surface area is 118 Å². The summed E-state index contributed by atoms with van der Waals surface area (Å²) < 4.78 is 4.79. The van der Waals surface area contributed by atoms with Crippen molar-refractivity contribution in [1.29, 1.82) is 0 Å². The third-order valence-corrected chi connectivity index (χ3v) is 3.78. The summed E-state index contributed by atoms with van der Waals surface area (Å²) in [5, 5.41) is 0. The molecule has 0 aliphatic rings. The van der Waals surface area contributed by atoms with Gasteiger partial charge in [-0.25, -0.2) is 0 Å². The largest absolute Gasteiger partial charge is 0.357 e. The van der Waals surface area contributed by atoms with Crippen LogP contribution in [0.1, 0.15) is 53.4 Å². The van der Waals surface area contributed by atoms with Gasteiger partial charge in [0.25, 0.3) is 0 Å². The summed E-state index contributed by atoms with van der Waals surface area (Å²) in [5.74, 6) is 0.503. The number of ketones is 2. The van der Waals surface area contributed by atoms with Gasteiger partial charge in [-0.3, -0.25) is 9.59 Å². The van der Waals surface area contributed by atoms with Crippen LogP contribution in [0, 0.1) is 5.92 Å². The van der Waals surface area contributed by atoms with Gasteiger partial charge in [0.1, 0.15) is 5.78 Å². The predicted molar refractivity (Wildman–Crippen MR) is 77.4 cm³/mol. The van der Waals surface area contributed by atoms with E-state index >= 15 is 0 Å². The summed E-state index contributed by atoms with van der Waals surface area (Å²) in [7, 11) is 0. The number of ether oxygens (including phenoxy) is 1. The number of hydrogen-bond donors (Lipinski definition) is 0. The van der Waals surface area contributed by atoms with Gasteiger partial charge in [-0.1, -0.05) is 20.3 Å². The normalized spacial score (nSPS) is 14.7. The van der Waals surface area contributed by atoms with Crippen LogP contribution in [0.5, 0.6) is 0 Å². The van der Waals surface area contributed by atoms with E-state index in [4.69, 9.17) is 4.74 Å². The molecule has 4 heteroatoms. The highest BCUT2D eigenvalue weighted by Crippen LogP contribution is 2.21. The number of halogens is 1. The zero-order chi connectivity index (χ0) is 13.5. The zero-order valence-corrected chi connectivity index (χ0v) is 13.4. The van der Waals surface area contributed by atoms with Gasteiger partial charge >= 0.3 is 0 Å². The summed E-state index contributed by atoms with van der Waals surface area (Å²) in [6.45, 7) is 7.75. The van der Waals surface area contributed by atoms with E-state index in [9.17, 15) is 9.59 Å². The Morgan fingerprint density at radius 3 is 2.29 bits per heavy atom. The van der Waals surface area contributed by atoms with Crippen LogP contribution in [0.25, 0.3) is 0 Å². The fourth-order valence-corrected chi connectivity index (χ4v) is 1.45. The first-order valence-corrected chi connectivity index (χ1v) is 7.22. The fraction of sp³-hybridized carbons (Fsp3) is 0.846. The molecular weight excluding hydrogens is 331 g/mol. The van der Waals surface area contributed by atoms with Gasteiger partial charge < -0.3 is 4.74 Å². The minimum Gasteiger partial charge on any atom is -0.357 e. The average molecular weight is 354 g/mol. The molecule has 1 atom stereocenters. The topological polar surface area (TPSA) is 43.4 Å². The highest BCUT2D eigenvalue weighted by atomic mass is 127. The number of hydrogen-bond acceptors (Lipinski definition) is 3. The van der Waals surface area contributed by atoms with Crippen molar-refractivity contribution in [2.75, 3.05) is 6.61 Å². The maximum atomic E-state index is 11.3. The molecule has 0 aromatic carbocycles. The molecule has 0 fully saturated rings. The zero-order valence-electron chi connectivity index (χ0n) is 11.2. The summed E-state index contributed by atoms with van der Waals surface area (Å²) in [6.07, 6.45) is 3.45. The Balaban J connectivity index is 3.54. The first-order chi connectivity index (χ1) is 7.77. The maximum Gasteiger partial charge on any atom is 0.173 e. The van der Waals surface area contributed by atoms with Crippen molar-refractivity contribution >= 4 is 34.2 Å². The van der Waals surface area contributed by atoms with Crippen molar-refractivity contribution in [1.82, 2.24) is 0 Å². The van der Waals surface area contributed by atoms with Crippen molar-refractivity contribution < 1.29 is 14.3 Å². The molecule has 0 N–H and O–H groups in total. The Hall–Kier alpha value is 0.0300. The molecule has 17 heavy (non-hydrogen) atoms. The van der Waals surface area contributed by atoms with E-state index in [0.717, 1.165) is 19.3 Å². The quantitative estimate of drug-likeness (QED) is 0.361. The third kappa shape index (κ3) is 7.86. The molecule has 0 saturated carbocycles. The van der Waals surface area contributed by atoms with E-state index in [2.05, 4.69) is 0 Å². The molecule has 0 bridgehead atoms. The molecule has 0 amide bonds. The van der Waals surface area contributed by atoms with E-state index in [1.54, 1.807) is 6.92 Å². The van der Waals surface area contributed by atoms with Gasteiger partial charge in [-0.2, -0.15) is 0 Å². The molecular formula is C13H23IO3. The lowest BCUT2D eigenvalue weighted by Gasteiger charge is -2.19. The Morgan fingerprint density at radius 2 is 1.82 bits per heavy atom. The van der Waals surface area contributed by atoms with Gasteiger partial charge in [0.15, 0.2) is 9.39 Å². The molecule has 0 aromatic rings. The number of unbranched alkanes of at least 4 members (excludes halogenated alkanes) is 2. The van der Waals surface area contributed by atoms with Crippen molar-refractivity contribution in [2.45, 2.75) is 57.0 Å². The molecule has 0 radical (unpaired) electrons. The summed E-state index contributed by atoms with van der Waals surface area (Å²) in [4.78, 5) is 22.5. The maximum absolute atomic E-state index is 11.3. The second kappa shape index (κ2) is 8.19. The molecule has 0 heterocycles. The van der Waals surface area contributed by atoms with Gasteiger partial charge in [0, 0.05) is 18.9 Å². The van der Waals surface area contributed by atoms with Crippen molar-refractivity contribution in [3.8, 4) is 0 Å². The number of carbonyl (C=O) groups is 2. The van der Waals surface area contributed by atoms with Crippen LogP contribution in [0.3, 0.4) is 0 Å². The third-order valence-electron chi connectivity index (χ3n) is 2.71. The SMILES string of the molecule is CC(=O)C(C)(I)OCCCCCC(=O)C(C)C.